The summed E-state index contributed by atoms with van der Waals surface area (Å²) in [7, 11) is 0. The lowest BCUT2D eigenvalue weighted by atomic mass is 10.1. The molecule has 0 saturated heterocycles. The van der Waals surface area contributed by atoms with E-state index in [1.165, 1.54) is 41.5 Å². The normalized spacial score (nSPS) is 15.2. The predicted molar refractivity (Wildman–Crippen MR) is 101 cm³/mol. The average Bonchev–Trinajstić information content (AvgIpc) is 3.25. The zero-order valence-corrected chi connectivity index (χ0v) is 15.0. The summed E-state index contributed by atoms with van der Waals surface area (Å²) in [6.45, 7) is 4.11. The van der Waals surface area contributed by atoms with Crippen LogP contribution in [0.25, 0.3) is 10.2 Å². The molecule has 1 aliphatic carbocycles. The molecule has 3 aromatic rings. The van der Waals surface area contributed by atoms with Gasteiger partial charge in [-0.25, -0.2) is 0 Å². The number of aromatic nitrogens is 1. The quantitative estimate of drug-likeness (QED) is 0.654. The van der Waals surface area contributed by atoms with E-state index in [1.807, 2.05) is 19.1 Å². The molecular formula is C20H22N2OS. The molecule has 1 aromatic carbocycles. The molecule has 3 nitrogen and oxygen atoms in total. The van der Waals surface area contributed by atoms with Crippen molar-refractivity contribution in [3.8, 4) is 0 Å². The smallest absolute Gasteiger partial charge is 0.272 e. The third kappa shape index (κ3) is 2.65. The summed E-state index contributed by atoms with van der Waals surface area (Å²) >= 11 is 1.71. The number of nitrogens with zero attached hydrogens (tertiary/aromatic N) is 1. The Morgan fingerprint density at radius 1 is 1.17 bits per heavy atom. The summed E-state index contributed by atoms with van der Waals surface area (Å²) in [4.78, 5) is 13.0. The molecule has 0 radical (unpaired) electrons. The summed E-state index contributed by atoms with van der Waals surface area (Å²) in [5, 5.41) is 5.23. The molecule has 2 heterocycles. The number of hydrogen-bond acceptors (Lipinski definition) is 2. The van der Waals surface area contributed by atoms with Crippen LogP contribution in [0.15, 0.2) is 35.7 Å². The Labute approximate surface area is 146 Å². The second kappa shape index (κ2) is 6.10. The maximum atomic E-state index is 13.0. The molecule has 1 fully saturated rings. The topological polar surface area (TPSA) is 34.0 Å². The summed E-state index contributed by atoms with van der Waals surface area (Å²) in [6.07, 6.45) is 4.85. The number of rotatable bonds is 3. The fourth-order valence-corrected chi connectivity index (χ4v) is 4.63. The number of benzene rings is 1. The minimum atomic E-state index is -0.00254. The molecule has 124 valence electrons. The largest absolute Gasteiger partial charge is 0.333 e. The number of nitrogens with one attached hydrogen (secondary N) is 1. The zero-order chi connectivity index (χ0) is 16.7. The van der Waals surface area contributed by atoms with Gasteiger partial charge < -0.3 is 9.88 Å². The van der Waals surface area contributed by atoms with Crippen LogP contribution in [0.3, 0.4) is 0 Å². The number of fused-ring (bicyclic) bond motifs is 1. The average molecular weight is 338 g/mol. The second-order valence-corrected chi connectivity index (χ2v) is 7.73. The first-order valence-corrected chi connectivity index (χ1v) is 9.48. The van der Waals surface area contributed by atoms with Gasteiger partial charge in [0.15, 0.2) is 0 Å². The minimum absolute atomic E-state index is 0.00254. The van der Waals surface area contributed by atoms with Crippen molar-refractivity contribution in [2.45, 2.75) is 45.6 Å². The Bertz CT molecular complexity index is 900. The lowest BCUT2D eigenvalue weighted by molar-refractivity contribution is 0.101. The van der Waals surface area contributed by atoms with Gasteiger partial charge in [0.2, 0.25) is 0 Å². The maximum Gasteiger partial charge on any atom is 0.272 e. The Morgan fingerprint density at radius 2 is 1.96 bits per heavy atom. The van der Waals surface area contributed by atoms with Gasteiger partial charge in [-0.15, -0.1) is 11.3 Å². The first-order chi connectivity index (χ1) is 11.6. The van der Waals surface area contributed by atoms with Crippen LogP contribution in [0.1, 0.15) is 53.3 Å². The van der Waals surface area contributed by atoms with Gasteiger partial charge in [0.1, 0.15) is 5.69 Å². The maximum absolute atomic E-state index is 13.0. The van der Waals surface area contributed by atoms with Gasteiger partial charge in [0.25, 0.3) is 5.91 Å². The SMILES string of the molecule is Cc1ccc(NC(=O)c2cc3sccc3n2C2CCCC2)c(C)c1. The Hall–Kier alpha value is -2.07. The highest BCUT2D eigenvalue weighted by atomic mass is 32.1. The van der Waals surface area contributed by atoms with Crippen LogP contribution in [-0.4, -0.2) is 10.5 Å². The Balaban J connectivity index is 1.71. The van der Waals surface area contributed by atoms with E-state index >= 15 is 0 Å². The van der Waals surface area contributed by atoms with Gasteiger partial charge in [-0.1, -0.05) is 30.5 Å². The van der Waals surface area contributed by atoms with Gasteiger partial charge in [0.05, 0.1) is 10.2 Å². The zero-order valence-electron chi connectivity index (χ0n) is 14.1. The van der Waals surface area contributed by atoms with Crippen molar-refractivity contribution < 1.29 is 4.79 Å². The van der Waals surface area contributed by atoms with Crippen molar-refractivity contribution in [3.05, 3.63) is 52.5 Å². The van der Waals surface area contributed by atoms with Crippen molar-refractivity contribution in [3.63, 3.8) is 0 Å². The van der Waals surface area contributed by atoms with Crippen molar-refractivity contribution >= 4 is 33.1 Å². The molecule has 24 heavy (non-hydrogen) atoms. The monoisotopic (exact) mass is 338 g/mol. The fraction of sp³-hybridized carbons (Fsp3) is 0.350. The molecule has 4 rings (SSSR count). The molecule has 0 bridgehead atoms. The van der Waals surface area contributed by atoms with Crippen LogP contribution in [0.5, 0.6) is 0 Å². The van der Waals surface area contributed by atoms with Crippen LogP contribution in [0.2, 0.25) is 0 Å². The molecule has 0 unspecified atom stereocenters. The Morgan fingerprint density at radius 3 is 2.71 bits per heavy atom. The molecule has 1 aliphatic rings. The highest BCUT2D eigenvalue weighted by molar-refractivity contribution is 7.17. The molecule has 1 saturated carbocycles. The third-order valence-electron chi connectivity index (χ3n) is 5.01. The number of carbonyl (C=O) groups excluding carboxylic acids is 1. The van der Waals surface area contributed by atoms with E-state index in [2.05, 4.69) is 40.4 Å². The number of thiophene rings is 1. The third-order valence-corrected chi connectivity index (χ3v) is 5.87. The molecule has 1 amide bonds. The van der Waals surface area contributed by atoms with E-state index in [-0.39, 0.29) is 5.91 Å². The van der Waals surface area contributed by atoms with Gasteiger partial charge in [-0.05, 0) is 55.8 Å². The van der Waals surface area contributed by atoms with Crippen LogP contribution >= 0.6 is 11.3 Å². The lowest BCUT2D eigenvalue weighted by Gasteiger charge is -2.17. The summed E-state index contributed by atoms with van der Waals surface area (Å²) in [6, 6.07) is 10.8. The molecular weight excluding hydrogens is 316 g/mol. The van der Waals surface area contributed by atoms with Crippen LogP contribution in [0, 0.1) is 13.8 Å². The second-order valence-electron chi connectivity index (χ2n) is 6.78. The van der Waals surface area contributed by atoms with Crippen LogP contribution < -0.4 is 5.32 Å². The molecule has 2 aromatic heterocycles. The first kappa shape index (κ1) is 15.5. The van der Waals surface area contributed by atoms with E-state index in [4.69, 9.17) is 0 Å². The number of amides is 1. The molecule has 0 aliphatic heterocycles. The number of aryl methyl sites for hydroxylation is 2. The van der Waals surface area contributed by atoms with Gasteiger partial charge in [-0.2, -0.15) is 0 Å². The van der Waals surface area contributed by atoms with Crippen molar-refractivity contribution in [1.29, 1.82) is 0 Å². The molecule has 4 heteroatoms. The number of carbonyl (C=O) groups is 1. The van der Waals surface area contributed by atoms with Crippen LogP contribution in [0.4, 0.5) is 5.69 Å². The van der Waals surface area contributed by atoms with E-state index in [9.17, 15) is 4.79 Å². The van der Waals surface area contributed by atoms with Gasteiger partial charge in [-0.3, -0.25) is 4.79 Å². The number of hydrogen-bond donors (Lipinski definition) is 1. The fourth-order valence-electron chi connectivity index (χ4n) is 3.82. The van der Waals surface area contributed by atoms with E-state index in [1.54, 1.807) is 11.3 Å². The van der Waals surface area contributed by atoms with E-state index < -0.39 is 0 Å². The molecule has 0 atom stereocenters. The van der Waals surface area contributed by atoms with Crippen molar-refractivity contribution in [1.82, 2.24) is 4.57 Å². The van der Waals surface area contributed by atoms with Crippen molar-refractivity contribution in [2.24, 2.45) is 0 Å². The highest BCUT2D eigenvalue weighted by Gasteiger charge is 2.25. The first-order valence-electron chi connectivity index (χ1n) is 8.60. The predicted octanol–water partition coefficient (Wildman–Crippen LogP) is 5.69. The van der Waals surface area contributed by atoms with Crippen molar-refractivity contribution in [2.75, 3.05) is 5.32 Å². The highest BCUT2D eigenvalue weighted by Crippen LogP contribution is 2.36. The van der Waals surface area contributed by atoms with Gasteiger partial charge >= 0.3 is 0 Å². The van der Waals surface area contributed by atoms with E-state index in [0.717, 1.165) is 16.9 Å². The number of anilines is 1. The summed E-state index contributed by atoms with van der Waals surface area (Å²) in [5.41, 5.74) is 5.21. The summed E-state index contributed by atoms with van der Waals surface area (Å²) in [5.74, 6) is -0.00254. The minimum Gasteiger partial charge on any atom is -0.333 e. The Kier molecular flexibility index (Phi) is 3.93. The standard InChI is InChI=1S/C20H22N2OS/c1-13-7-8-16(14(2)11-13)21-20(23)18-12-19-17(9-10-24-19)22(18)15-5-3-4-6-15/h7-12,15H,3-6H2,1-2H3,(H,21,23). The van der Waals surface area contributed by atoms with Gasteiger partial charge in [0, 0.05) is 11.7 Å². The molecule has 1 N–H and O–H groups in total. The lowest BCUT2D eigenvalue weighted by Crippen LogP contribution is -2.19. The van der Waals surface area contributed by atoms with E-state index in [0.29, 0.717) is 6.04 Å². The van der Waals surface area contributed by atoms with Crippen LogP contribution in [-0.2, 0) is 0 Å². The summed E-state index contributed by atoms with van der Waals surface area (Å²) < 4.78 is 3.48. The molecule has 0 spiro atoms.